The molecule has 1 aliphatic heterocycles. The molecule has 2 aliphatic rings. The summed E-state index contributed by atoms with van der Waals surface area (Å²) in [4.78, 5) is 24.0. The third-order valence-corrected chi connectivity index (χ3v) is 4.12. The maximum absolute atomic E-state index is 12.4. The summed E-state index contributed by atoms with van der Waals surface area (Å²) in [5.41, 5.74) is -0.264. The Morgan fingerprint density at radius 1 is 1.26 bits per heavy atom. The molecule has 0 radical (unpaired) electrons. The van der Waals surface area contributed by atoms with E-state index in [1.165, 1.54) is 0 Å². The molecule has 1 saturated carbocycles. The van der Waals surface area contributed by atoms with Gasteiger partial charge < -0.3 is 16.0 Å². The molecule has 3 N–H and O–H groups in total. The molecule has 2 amide bonds. The van der Waals surface area contributed by atoms with Gasteiger partial charge in [0, 0.05) is 6.04 Å². The molecular formula is C14H25N3O2. The summed E-state index contributed by atoms with van der Waals surface area (Å²) in [6.45, 7) is 4.01. The number of hydrogen-bond donors (Lipinski definition) is 3. The first-order valence-corrected chi connectivity index (χ1v) is 7.45. The van der Waals surface area contributed by atoms with E-state index < -0.39 is 0 Å². The minimum atomic E-state index is -0.264. The second kappa shape index (κ2) is 6.37. The van der Waals surface area contributed by atoms with Crippen LogP contribution in [0.25, 0.3) is 0 Å². The van der Waals surface area contributed by atoms with E-state index in [1.54, 1.807) is 0 Å². The van der Waals surface area contributed by atoms with E-state index >= 15 is 0 Å². The van der Waals surface area contributed by atoms with Crippen LogP contribution in [-0.4, -0.2) is 37.5 Å². The normalized spacial score (nSPS) is 21.7. The molecule has 108 valence electrons. The van der Waals surface area contributed by atoms with Gasteiger partial charge in [0.05, 0.1) is 12.0 Å². The lowest BCUT2D eigenvalue weighted by atomic mass is 9.74. The number of rotatable bonds is 6. The molecule has 0 atom stereocenters. The van der Waals surface area contributed by atoms with Gasteiger partial charge in [-0.3, -0.25) is 9.59 Å². The Balaban J connectivity index is 1.82. The van der Waals surface area contributed by atoms with Crippen LogP contribution in [-0.2, 0) is 9.59 Å². The van der Waals surface area contributed by atoms with Crippen molar-refractivity contribution in [1.82, 2.24) is 16.0 Å². The average molecular weight is 267 g/mol. The molecule has 0 aromatic carbocycles. The monoisotopic (exact) mass is 267 g/mol. The second-order valence-electron chi connectivity index (χ2n) is 5.80. The van der Waals surface area contributed by atoms with Crippen molar-refractivity contribution in [2.24, 2.45) is 5.41 Å². The van der Waals surface area contributed by atoms with Gasteiger partial charge in [-0.1, -0.05) is 13.3 Å². The van der Waals surface area contributed by atoms with Crippen LogP contribution in [0, 0.1) is 5.41 Å². The highest BCUT2D eigenvalue weighted by atomic mass is 16.2. The Morgan fingerprint density at radius 3 is 2.53 bits per heavy atom. The standard InChI is InChI=1S/C14H25N3O2/c1-2-5-14(6-8-15-9-7-14)13(19)16-10-12(18)17-11-3-4-11/h11,15H,2-10H2,1H3,(H,16,19)(H,17,18). The molecule has 1 saturated heterocycles. The number of hydrogen-bond acceptors (Lipinski definition) is 3. The van der Waals surface area contributed by atoms with Crippen LogP contribution in [0.4, 0.5) is 0 Å². The molecule has 1 heterocycles. The Labute approximate surface area is 114 Å². The maximum atomic E-state index is 12.4. The molecule has 0 bridgehead atoms. The fourth-order valence-corrected chi connectivity index (χ4v) is 2.83. The minimum absolute atomic E-state index is 0.0572. The Kier molecular flexibility index (Phi) is 4.80. The zero-order valence-corrected chi connectivity index (χ0v) is 11.8. The molecule has 2 fully saturated rings. The van der Waals surface area contributed by atoms with Gasteiger partial charge in [-0.2, -0.15) is 0 Å². The van der Waals surface area contributed by atoms with Gasteiger partial charge in [0.15, 0.2) is 0 Å². The van der Waals surface area contributed by atoms with Gasteiger partial charge in [-0.25, -0.2) is 0 Å². The number of amides is 2. The zero-order chi connectivity index (χ0) is 13.7. The highest BCUT2D eigenvalue weighted by molar-refractivity contribution is 5.88. The van der Waals surface area contributed by atoms with Crippen molar-refractivity contribution in [3.05, 3.63) is 0 Å². The van der Waals surface area contributed by atoms with Crippen LogP contribution < -0.4 is 16.0 Å². The lowest BCUT2D eigenvalue weighted by Gasteiger charge is -2.36. The van der Waals surface area contributed by atoms with Crippen molar-refractivity contribution in [2.45, 2.75) is 51.5 Å². The molecule has 0 aromatic rings. The predicted molar refractivity (Wildman–Crippen MR) is 73.6 cm³/mol. The van der Waals surface area contributed by atoms with E-state index in [4.69, 9.17) is 0 Å². The van der Waals surface area contributed by atoms with Crippen LogP contribution in [0.1, 0.15) is 45.4 Å². The SMILES string of the molecule is CCCC1(C(=O)NCC(=O)NC2CC2)CCNCC1. The van der Waals surface area contributed by atoms with Crippen LogP contribution in [0.2, 0.25) is 0 Å². The highest BCUT2D eigenvalue weighted by Gasteiger charge is 2.38. The summed E-state index contributed by atoms with van der Waals surface area (Å²) < 4.78 is 0. The maximum Gasteiger partial charge on any atom is 0.239 e. The van der Waals surface area contributed by atoms with Gasteiger partial charge in [0.2, 0.25) is 11.8 Å². The topological polar surface area (TPSA) is 70.2 Å². The van der Waals surface area contributed by atoms with E-state index in [1.807, 2.05) is 0 Å². The van der Waals surface area contributed by atoms with Crippen LogP contribution >= 0.6 is 0 Å². The van der Waals surface area contributed by atoms with Crippen LogP contribution in [0.5, 0.6) is 0 Å². The summed E-state index contributed by atoms with van der Waals surface area (Å²) in [7, 11) is 0. The molecule has 1 aliphatic carbocycles. The molecule has 0 unspecified atom stereocenters. The van der Waals surface area contributed by atoms with Gasteiger partial charge in [-0.15, -0.1) is 0 Å². The van der Waals surface area contributed by atoms with E-state index in [0.29, 0.717) is 6.04 Å². The molecule has 2 rings (SSSR count). The molecule has 0 aromatic heterocycles. The van der Waals surface area contributed by atoms with Gasteiger partial charge >= 0.3 is 0 Å². The van der Waals surface area contributed by atoms with Crippen LogP contribution in [0.3, 0.4) is 0 Å². The fourth-order valence-electron chi connectivity index (χ4n) is 2.83. The molecule has 0 spiro atoms. The lowest BCUT2D eigenvalue weighted by molar-refractivity contribution is -0.135. The number of nitrogens with one attached hydrogen (secondary N) is 3. The predicted octanol–water partition coefficient (Wildman–Crippen LogP) is 0.551. The van der Waals surface area contributed by atoms with Gasteiger partial charge in [0.25, 0.3) is 0 Å². The lowest BCUT2D eigenvalue weighted by Crippen LogP contribution is -2.49. The first kappa shape index (κ1) is 14.3. The highest BCUT2D eigenvalue weighted by Crippen LogP contribution is 2.34. The molecule has 5 nitrogen and oxygen atoms in total. The first-order chi connectivity index (χ1) is 9.16. The zero-order valence-electron chi connectivity index (χ0n) is 11.8. The third-order valence-electron chi connectivity index (χ3n) is 4.12. The fraction of sp³-hybridized carbons (Fsp3) is 0.857. The van der Waals surface area contributed by atoms with Gasteiger partial charge in [0.1, 0.15) is 0 Å². The second-order valence-corrected chi connectivity index (χ2v) is 5.80. The number of piperidine rings is 1. The summed E-state index contributed by atoms with van der Waals surface area (Å²) >= 11 is 0. The van der Waals surface area contributed by atoms with E-state index in [9.17, 15) is 9.59 Å². The first-order valence-electron chi connectivity index (χ1n) is 7.45. The van der Waals surface area contributed by atoms with E-state index in [2.05, 4.69) is 22.9 Å². The largest absolute Gasteiger partial charge is 0.352 e. The summed E-state index contributed by atoms with van der Waals surface area (Å²) in [6.07, 6.45) is 5.80. The Morgan fingerprint density at radius 2 is 1.95 bits per heavy atom. The van der Waals surface area contributed by atoms with E-state index in [0.717, 1.165) is 51.6 Å². The summed E-state index contributed by atoms with van der Waals surface area (Å²) in [6, 6.07) is 0.355. The number of carbonyl (C=O) groups is 2. The Bertz CT molecular complexity index is 328. The summed E-state index contributed by atoms with van der Waals surface area (Å²) in [5, 5.41) is 9.02. The Hall–Kier alpha value is -1.10. The molecule has 19 heavy (non-hydrogen) atoms. The molecule has 5 heteroatoms. The third kappa shape index (κ3) is 3.93. The minimum Gasteiger partial charge on any atom is -0.352 e. The quantitative estimate of drug-likeness (QED) is 0.658. The average Bonchev–Trinajstić information content (AvgIpc) is 3.21. The van der Waals surface area contributed by atoms with Crippen molar-refractivity contribution in [3.63, 3.8) is 0 Å². The van der Waals surface area contributed by atoms with Crippen molar-refractivity contribution in [3.8, 4) is 0 Å². The van der Waals surface area contributed by atoms with Gasteiger partial charge in [-0.05, 0) is 45.2 Å². The smallest absolute Gasteiger partial charge is 0.239 e. The number of carbonyl (C=O) groups excluding carboxylic acids is 2. The summed E-state index contributed by atoms with van der Waals surface area (Å²) in [5.74, 6) is -0.00164. The van der Waals surface area contributed by atoms with E-state index in [-0.39, 0.29) is 23.8 Å². The van der Waals surface area contributed by atoms with Crippen molar-refractivity contribution >= 4 is 11.8 Å². The van der Waals surface area contributed by atoms with Crippen molar-refractivity contribution in [2.75, 3.05) is 19.6 Å². The van der Waals surface area contributed by atoms with Crippen molar-refractivity contribution < 1.29 is 9.59 Å². The van der Waals surface area contributed by atoms with Crippen LogP contribution in [0.15, 0.2) is 0 Å². The molecular weight excluding hydrogens is 242 g/mol. The van der Waals surface area contributed by atoms with Crippen molar-refractivity contribution in [1.29, 1.82) is 0 Å².